The number of halogens is 2. The minimum atomic E-state index is -1.44. The van der Waals surface area contributed by atoms with Crippen molar-refractivity contribution in [2.75, 3.05) is 5.32 Å². The number of rotatable bonds is 5. The van der Waals surface area contributed by atoms with Crippen LogP contribution in [0, 0.1) is 19.7 Å². The predicted octanol–water partition coefficient (Wildman–Crippen LogP) is 6.74. The molecule has 0 aliphatic rings. The van der Waals surface area contributed by atoms with Crippen LogP contribution < -0.4 is 10.7 Å². The Kier molecular flexibility index (Phi) is 5.95. The third-order valence-electron chi connectivity index (χ3n) is 5.58. The van der Waals surface area contributed by atoms with Gasteiger partial charge in [-0.2, -0.15) is 0 Å². The summed E-state index contributed by atoms with van der Waals surface area (Å²) in [4.78, 5) is 24.9. The number of aryl methyl sites for hydroxylation is 1. The lowest BCUT2D eigenvalue weighted by Crippen LogP contribution is -2.15. The van der Waals surface area contributed by atoms with Crippen LogP contribution in [0.5, 0.6) is 0 Å². The van der Waals surface area contributed by atoms with Gasteiger partial charge in [-0.25, -0.2) is 9.18 Å². The summed E-state index contributed by atoms with van der Waals surface area (Å²) in [6, 6.07) is 15.2. The lowest BCUT2D eigenvalue weighted by Gasteiger charge is -2.20. The Bertz CT molecular complexity index is 1450. The van der Waals surface area contributed by atoms with E-state index in [0.717, 1.165) is 11.1 Å². The minimum Gasteiger partial charge on any atom is -0.478 e. The smallest absolute Gasteiger partial charge is 0.340 e. The molecule has 168 valence electrons. The molecule has 33 heavy (non-hydrogen) atoms. The van der Waals surface area contributed by atoms with E-state index in [2.05, 4.69) is 5.32 Å². The normalized spacial score (nSPS) is 12.0. The molecular weight excluding hydrogens is 445 g/mol. The molecule has 1 unspecified atom stereocenters. The number of nitrogens with one attached hydrogen (secondary N) is 1. The third-order valence-corrected chi connectivity index (χ3v) is 5.87. The number of hydrogen-bond acceptors (Lipinski definition) is 4. The molecular formula is C26H21ClFNO4. The zero-order chi connectivity index (χ0) is 23.9. The zero-order valence-electron chi connectivity index (χ0n) is 18.2. The van der Waals surface area contributed by atoms with Crippen LogP contribution in [0.1, 0.15) is 40.0 Å². The fraction of sp³-hybridized carbons (Fsp3) is 0.154. The van der Waals surface area contributed by atoms with Crippen molar-refractivity contribution < 1.29 is 18.7 Å². The fourth-order valence-electron chi connectivity index (χ4n) is 3.95. The lowest BCUT2D eigenvalue weighted by atomic mass is 9.98. The van der Waals surface area contributed by atoms with Gasteiger partial charge in [0.2, 0.25) is 0 Å². The standard InChI is InChI=1S/C26H21ClFNO4/c1-13-11-17(15(3)29-20-10-9-19(27)22(28)21(20)26(31)32)25-18(12-13)23(30)14(2)24(33-25)16-7-5-4-6-8-16/h4-12,15,29H,1-3H3,(H,31,32). The Hall–Kier alpha value is -3.64. The van der Waals surface area contributed by atoms with Crippen molar-refractivity contribution in [2.24, 2.45) is 0 Å². The van der Waals surface area contributed by atoms with Gasteiger partial charge in [0.05, 0.1) is 22.1 Å². The topological polar surface area (TPSA) is 79.5 Å². The molecule has 0 spiro atoms. The number of carboxylic acid groups (broad SMARTS) is 1. The van der Waals surface area contributed by atoms with E-state index in [-0.39, 0.29) is 16.1 Å². The van der Waals surface area contributed by atoms with Crippen molar-refractivity contribution >= 4 is 34.2 Å². The maximum absolute atomic E-state index is 14.4. The van der Waals surface area contributed by atoms with Crippen molar-refractivity contribution in [3.8, 4) is 11.3 Å². The zero-order valence-corrected chi connectivity index (χ0v) is 19.0. The van der Waals surface area contributed by atoms with Gasteiger partial charge >= 0.3 is 5.97 Å². The molecule has 1 heterocycles. The van der Waals surface area contributed by atoms with Crippen molar-refractivity contribution in [1.29, 1.82) is 0 Å². The average Bonchev–Trinajstić information content (AvgIpc) is 2.79. The van der Waals surface area contributed by atoms with E-state index in [1.54, 1.807) is 19.9 Å². The molecule has 4 aromatic rings. The third kappa shape index (κ3) is 4.10. The number of anilines is 1. The summed E-state index contributed by atoms with van der Waals surface area (Å²) in [6.07, 6.45) is 0. The van der Waals surface area contributed by atoms with Crippen molar-refractivity contribution in [3.05, 3.63) is 97.9 Å². The highest BCUT2D eigenvalue weighted by atomic mass is 35.5. The number of hydrogen-bond donors (Lipinski definition) is 2. The van der Waals surface area contributed by atoms with Gasteiger partial charge in [0.15, 0.2) is 11.2 Å². The van der Waals surface area contributed by atoms with Gasteiger partial charge in [-0.15, -0.1) is 0 Å². The first-order valence-corrected chi connectivity index (χ1v) is 10.7. The van der Waals surface area contributed by atoms with Crippen molar-refractivity contribution in [3.63, 3.8) is 0 Å². The van der Waals surface area contributed by atoms with Gasteiger partial charge in [0, 0.05) is 16.7 Å². The van der Waals surface area contributed by atoms with Crippen LogP contribution in [-0.4, -0.2) is 11.1 Å². The van der Waals surface area contributed by atoms with E-state index >= 15 is 0 Å². The Balaban J connectivity index is 1.90. The number of benzene rings is 3. The second-order valence-corrected chi connectivity index (χ2v) is 8.34. The number of carboxylic acids is 1. The molecule has 3 aromatic carbocycles. The first kappa shape index (κ1) is 22.6. The van der Waals surface area contributed by atoms with E-state index in [1.807, 2.05) is 43.3 Å². The molecule has 1 aromatic heterocycles. The first-order chi connectivity index (χ1) is 15.7. The van der Waals surface area contributed by atoms with Crippen LogP contribution in [0.3, 0.4) is 0 Å². The minimum absolute atomic E-state index is 0.0734. The van der Waals surface area contributed by atoms with Crippen LogP contribution in [0.25, 0.3) is 22.3 Å². The molecule has 0 amide bonds. The van der Waals surface area contributed by atoms with Crippen molar-refractivity contribution in [1.82, 2.24) is 0 Å². The molecule has 5 nitrogen and oxygen atoms in total. The molecule has 0 saturated heterocycles. The second kappa shape index (κ2) is 8.71. The SMILES string of the molecule is Cc1cc(C(C)Nc2ccc(Cl)c(F)c2C(=O)O)c2oc(-c3ccccc3)c(C)c(=O)c2c1. The monoisotopic (exact) mass is 465 g/mol. The molecule has 7 heteroatoms. The number of carbonyl (C=O) groups is 1. The molecule has 0 aliphatic heterocycles. The molecule has 1 atom stereocenters. The molecule has 0 aliphatic carbocycles. The van der Waals surface area contributed by atoms with E-state index < -0.39 is 23.4 Å². The Morgan fingerprint density at radius 2 is 1.82 bits per heavy atom. The molecule has 0 bridgehead atoms. The van der Waals surface area contributed by atoms with E-state index in [4.69, 9.17) is 16.0 Å². The quantitative estimate of drug-likeness (QED) is 0.341. The molecule has 2 N–H and O–H groups in total. The van der Waals surface area contributed by atoms with Crippen LogP contribution in [-0.2, 0) is 0 Å². The fourth-order valence-corrected chi connectivity index (χ4v) is 4.10. The highest BCUT2D eigenvalue weighted by molar-refractivity contribution is 6.31. The van der Waals surface area contributed by atoms with Crippen LogP contribution in [0.15, 0.2) is 63.8 Å². The maximum atomic E-state index is 14.4. The van der Waals surface area contributed by atoms with Gasteiger partial charge in [-0.3, -0.25) is 4.79 Å². The summed E-state index contributed by atoms with van der Waals surface area (Å²) >= 11 is 5.77. The summed E-state index contributed by atoms with van der Waals surface area (Å²) in [6.45, 7) is 5.38. The summed E-state index contributed by atoms with van der Waals surface area (Å²) < 4.78 is 20.7. The predicted molar refractivity (Wildman–Crippen MR) is 128 cm³/mol. The van der Waals surface area contributed by atoms with Crippen LogP contribution in [0.2, 0.25) is 5.02 Å². The molecule has 0 fully saturated rings. The summed E-state index contributed by atoms with van der Waals surface area (Å²) in [5.41, 5.74) is 2.53. The van der Waals surface area contributed by atoms with Crippen LogP contribution >= 0.6 is 11.6 Å². The molecule has 4 rings (SSSR count). The number of fused-ring (bicyclic) bond motifs is 1. The average molecular weight is 466 g/mol. The van der Waals surface area contributed by atoms with Crippen LogP contribution in [0.4, 0.5) is 10.1 Å². The van der Waals surface area contributed by atoms with Gasteiger partial charge in [-0.05, 0) is 44.5 Å². The first-order valence-electron chi connectivity index (χ1n) is 10.3. The van der Waals surface area contributed by atoms with Crippen molar-refractivity contribution in [2.45, 2.75) is 26.8 Å². The summed E-state index contributed by atoms with van der Waals surface area (Å²) in [7, 11) is 0. The highest BCUT2D eigenvalue weighted by Gasteiger charge is 2.23. The Morgan fingerprint density at radius 1 is 1.12 bits per heavy atom. The number of aromatic carboxylic acids is 1. The maximum Gasteiger partial charge on any atom is 0.340 e. The summed E-state index contributed by atoms with van der Waals surface area (Å²) in [5, 5.41) is 12.7. The van der Waals surface area contributed by atoms with E-state index in [9.17, 15) is 19.1 Å². The largest absolute Gasteiger partial charge is 0.478 e. The van der Waals surface area contributed by atoms with E-state index in [0.29, 0.717) is 27.9 Å². The molecule has 0 radical (unpaired) electrons. The lowest BCUT2D eigenvalue weighted by molar-refractivity contribution is 0.0693. The van der Waals surface area contributed by atoms with E-state index in [1.165, 1.54) is 12.1 Å². The molecule has 0 saturated carbocycles. The Labute approximate surface area is 194 Å². The Morgan fingerprint density at radius 3 is 2.48 bits per heavy atom. The summed E-state index contributed by atoms with van der Waals surface area (Å²) in [5.74, 6) is -1.98. The van der Waals surface area contributed by atoms with Gasteiger partial charge in [0.25, 0.3) is 0 Å². The van der Waals surface area contributed by atoms with Gasteiger partial charge in [0.1, 0.15) is 16.9 Å². The second-order valence-electron chi connectivity index (χ2n) is 7.94. The highest BCUT2D eigenvalue weighted by Crippen LogP contribution is 2.34. The van der Waals surface area contributed by atoms with Gasteiger partial charge in [-0.1, -0.05) is 48.0 Å². The van der Waals surface area contributed by atoms with Gasteiger partial charge < -0.3 is 14.8 Å².